The molecular formula is C21H20F4N4O. The second-order valence-corrected chi connectivity index (χ2v) is 6.98. The van der Waals surface area contributed by atoms with Gasteiger partial charge >= 0.3 is 6.18 Å². The smallest absolute Gasteiger partial charge is 0.349 e. The summed E-state index contributed by atoms with van der Waals surface area (Å²) in [5.41, 5.74) is 1.79. The minimum atomic E-state index is -4.47. The third kappa shape index (κ3) is 4.67. The Morgan fingerprint density at radius 1 is 1.13 bits per heavy atom. The molecule has 30 heavy (non-hydrogen) atoms. The molecule has 0 aliphatic rings. The van der Waals surface area contributed by atoms with Gasteiger partial charge in [0.2, 0.25) is 5.91 Å². The van der Waals surface area contributed by atoms with Crippen LogP contribution in [0.15, 0.2) is 42.6 Å². The summed E-state index contributed by atoms with van der Waals surface area (Å²) in [5.74, 6) is -0.374. The predicted molar refractivity (Wildman–Crippen MR) is 102 cm³/mol. The van der Waals surface area contributed by atoms with Crippen LogP contribution in [-0.4, -0.2) is 20.7 Å². The van der Waals surface area contributed by atoms with Gasteiger partial charge in [-0.2, -0.15) is 18.3 Å². The number of halogens is 4. The highest BCUT2D eigenvalue weighted by molar-refractivity contribution is 5.79. The summed E-state index contributed by atoms with van der Waals surface area (Å²) in [7, 11) is 0. The lowest BCUT2D eigenvalue weighted by Crippen LogP contribution is -2.28. The molecule has 5 nitrogen and oxygen atoms in total. The summed E-state index contributed by atoms with van der Waals surface area (Å²) in [6, 6.07) is 7.72. The number of hydrogen-bond acceptors (Lipinski definition) is 3. The van der Waals surface area contributed by atoms with Gasteiger partial charge in [0.1, 0.15) is 5.82 Å². The molecule has 0 aliphatic heterocycles. The third-order valence-electron chi connectivity index (χ3n) is 4.82. The highest BCUT2D eigenvalue weighted by atomic mass is 19.4. The molecular weight excluding hydrogens is 400 g/mol. The van der Waals surface area contributed by atoms with E-state index in [0.717, 1.165) is 17.8 Å². The van der Waals surface area contributed by atoms with Gasteiger partial charge in [-0.3, -0.25) is 4.79 Å². The van der Waals surface area contributed by atoms with Gasteiger partial charge in [-0.05, 0) is 50.6 Å². The fourth-order valence-electron chi connectivity index (χ4n) is 3.12. The molecule has 3 aromatic rings. The highest BCUT2D eigenvalue weighted by Crippen LogP contribution is 2.29. The second-order valence-electron chi connectivity index (χ2n) is 6.98. The lowest BCUT2D eigenvalue weighted by atomic mass is 10.1. The van der Waals surface area contributed by atoms with E-state index in [2.05, 4.69) is 15.4 Å². The molecule has 0 saturated carbocycles. The second kappa shape index (κ2) is 8.25. The number of carbonyl (C=O) groups excluding carboxylic acids is 1. The van der Waals surface area contributed by atoms with E-state index in [0.29, 0.717) is 17.0 Å². The summed E-state index contributed by atoms with van der Waals surface area (Å²) in [5, 5.41) is 7.18. The van der Waals surface area contributed by atoms with Gasteiger partial charge in [0.05, 0.1) is 23.7 Å². The third-order valence-corrected chi connectivity index (χ3v) is 4.82. The molecule has 0 spiro atoms. The molecule has 1 N–H and O–H groups in total. The highest BCUT2D eigenvalue weighted by Gasteiger charge is 2.31. The van der Waals surface area contributed by atoms with Crippen LogP contribution in [0.25, 0.3) is 5.82 Å². The van der Waals surface area contributed by atoms with Crippen LogP contribution in [0.4, 0.5) is 17.6 Å². The fourth-order valence-corrected chi connectivity index (χ4v) is 3.12. The topological polar surface area (TPSA) is 59.8 Å². The van der Waals surface area contributed by atoms with E-state index in [1.807, 2.05) is 0 Å². The van der Waals surface area contributed by atoms with Crippen molar-refractivity contribution in [2.45, 2.75) is 39.4 Å². The van der Waals surface area contributed by atoms with Gasteiger partial charge in [-0.25, -0.2) is 14.1 Å². The molecule has 1 aromatic carbocycles. The van der Waals surface area contributed by atoms with Crippen LogP contribution >= 0.6 is 0 Å². The van der Waals surface area contributed by atoms with Gasteiger partial charge < -0.3 is 5.32 Å². The molecule has 3 rings (SSSR count). The van der Waals surface area contributed by atoms with Crippen molar-refractivity contribution in [2.24, 2.45) is 0 Å². The van der Waals surface area contributed by atoms with Crippen molar-refractivity contribution >= 4 is 5.91 Å². The Bertz CT molecular complexity index is 1040. The van der Waals surface area contributed by atoms with E-state index < -0.39 is 11.7 Å². The van der Waals surface area contributed by atoms with Crippen LogP contribution in [-0.2, 0) is 17.4 Å². The lowest BCUT2D eigenvalue weighted by molar-refractivity contribution is -0.137. The van der Waals surface area contributed by atoms with Crippen molar-refractivity contribution in [3.05, 3.63) is 76.5 Å². The Kier molecular flexibility index (Phi) is 5.91. The molecule has 1 amide bonds. The Morgan fingerprint density at radius 3 is 2.37 bits per heavy atom. The van der Waals surface area contributed by atoms with Gasteiger partial charge in [0, 0.05) is 17.5 Å². The molecule has 0 aliphatic carbocycles. The minimum absolute atomic E-state index is 0.0455. The quantitative estimate of drug-likeness (QED) is 0.620. The van der Waals surface area contributed by atoms with Crippen LogP contribution in [0.2, 0.25) is 0 Å². The van der Waals surface area contributed by atoms with E-state index in [9.17, 15) is 22.4 Å². The number of pyridine rings is 1. The average Bonchev–Trinajstić information content (AvgIpc) is 2.96. The van der Waals surface area contributed by atoms with Gasteiger partial charge in [0.15, 0.2) is 5.82 Å². The Labute approximate surface area is 170 Å². The number of aryl methyl sites for hydroxylation is 1. The average molecular weight is 420 g/mol. The van der Waals surface area contributed by atoms with Crippen molar-refractivity contribution in [2.75, 3.05) is 0 Å². The maximum Gasteiger partial charge on any atom is 0.417 e. The molecule has 0 unspecified atom stereocenters. The van der Waals surface area contributed by atoms with Crippen LogP contribution in [0.3, 0.4) is 0 Å². The van der Waals surface area contributed by atoms with E-state index >= 15 is 0 Å². The first-order valence-electron chi connectivity index (χ1n) is 9.20. The first-order valence-corrected chi connectivity index (χ1v) is 9.20. The molecule has 0 bridgehead atoms. The van der Waals surface area contributed by atoms with Gasteiger partial charge in [-0.15, -0.1) is 0 Å². The first kappa shape index (κ1) is 21.5. The normalized spacial score (nSPS) is 12.6. The summed E-state index contributed by atoms with van der Waals surface area (Å²) < 4.78 is 52.7. The monoisotopic (exact) mass is 420 g/mol. The van der Waals surface area contributed by atoms with E-state index in [-0.39, 0.29) is 30.0 Å². The SMILES string of the molecule is Cc1nn(-c2ccc(C(F)(F)F)cn2)c(C)c1CC(=O)N[C@H](C)c1ccc(F)cc1. The van der Waals surface area contributed by atoms with Crippen molar-refractivity contribution in [1.29, 1.82) is 0 Å². The fraction of sp³-hybridized carbons (Fsp3) is 0.286. The number of nitrogens with zero attached hydrogens (tertiary/aromatic N) is 3. The summed E-state index contributed by atoms with van der Waals surface area (Å²) in [4.78, 5) is 16.4. The van der Waals surface area contributed by atoms with E-state index in [1.54, 1.807) is 32.9 Å². The van der Waals surface area contributed by atoms with Crippen LogP contribution < -0.4 is 5.32 Å². The van der Waals surface area contributed by atoms with Crippen molar-refractivity contribution in [3.8, 4) is 5.82 Å². The summed E-state index contributed by atoms with van der Waals surface area (Å²) >= 11 is 0. The number of hydrogen-bond donors (Lipinski definition) is 1. The standard InChI is InChI=1S/C21H20F4N4O/c1-12(15-4-7-17(22)8-5-15)27-20(30)10-18-13(2)28-29(14(18)3)19-9-6-16(11-26-19)21(23,24)25/h4-9,11-12H,10H2,1-3H3,(H,27,30)/t12-/m1/s1. The lowest BCUT2D eigenvalue weighted by Gasteiger charge is -2.14. The zero-order valence-corrected chi connectivity index (χ0v) is 16.6. The number of amides is 1. The first-order chi connectivity index (χ1) is 14.1. The number of nitrogens with one attached hydrogen (secondary N) is 1. The molecule has 2 aromatic heterocycles. The molecule has 158 valence electrons. The Balaban J connectivity index is 1.75. The van der Waals surface area contributed by atoms with Crippen molar-refractivity contribution in [3.63, 3.8) is 0 Å². The molecule has 0 radical (unpaired) electrons. The number of rotatable bonds is 5. The van der Waals surface area contributed by atoms with E-state index in [4.69, 9.17) is 0 Å². The number of alkyl halides is 3. The minimum Gasteiger partial charge on any atom is -0.349 e. The molecule has 0 fully saturated rings. The van der Waals surface area contributed by atoms with Crippen molar-refractivity contribution in [1.82, 2.24) is 20.1 Å². The molecule has 1 atom stereocenters. The van der Waals surface area contributed by atoms with Crippen LogP contribution in [0.1, 0.15) is 41.0 Å². The largest absolute Gasteiger partial charge is 0.417 e. The maximum atomic E-state index is 13.1. The van der Waals surface area contributed by atoms with Gasteiger partial charge in [0.25, 0.3) is 0 Å². The number of aromatic nitrogens is 3. The maximum absolute atomic E-state index is 13.1. The summed E-state index contributed by atoms with van der Waals surface area (Å²) in [6.45, 7) is 5.24. The van der Waals surface area contributed by atoms with E-state index in [1.165, 1.54) is 22.9 Å². The zero-order valence-electron chi connectivity index (χ0n) is 16.6. The van der Waals surface area contributed by atoms with Crippen LogP contribution in [0.5, 0.6) is 0 Å². The zero-order chi connectivity index (χ0) is 22.1. The molecule has 2 heterocycles. The predicted octanol–water partition coefficient (Wildman–Crippen LogP) is 4.46. The van der Waals surface area contributed by atoms with Crippen LogP contribution in [0, 0.1) is 19.7 Å². The van der Waals surface area contributed by atoms with Crippen molar-refractivity contribution < 1.29 is 22.4 Å². The number of carbonyl (C=O) groups is 1. The van der Waals surface area contributed by atoms with Gasteiger partial charge in [-0.1, -0.05) is 12.1 Å². The Hall–Kier alpha value is -3.23. The Morgan fingerprint density at radius 2 is 1.80 bits per heavy atom. The molecule has 9 heteroatoms. The molecule has 0 saturated heterocycles. The summed E-state index contributed by atoms with van der Waals surface area (Å²) in [6.07, 6.45) is -3.67. The number of benzene rings is 1.